The molecule has 0 rings (SSSR count). The molecule has 0 aromatic rings. The smallest absolute Gasteiger partial charge is 0.210 e. The van der Waals surface area contributed by atoms with Gasteiger partial charge in [-0.25, -0.2) is 0 Å². The van der Waals surface area contributed by atoms with Gasteiger partial charge < -0.3 is 4.43 Å². The van der Waals surface area contributed by atoms with Gasteiger partial charge in [0, 0.05) is 6.10 Å². The fourth-order valence-corrected chi connectivity index (χ4v) is 3.11. The average Bonchev–Trinajstić information content (AvgIpc) is 2.28. The Kier molecular flexibility index (Phi) is 10.2. The molecule has 0 aliphatic heterocycles. The second kappa shape index (κ2) is 10.1. The topological polar surface area (TPSA) is 9.23 Å². The highest BCUT2D eigenvalue weighted by atomic mass is 127. The van der Waals surface area contributed by atoms with E-state index in [1.807, 2.05) is 11.8 Å². The van der Waals surface area contributed by atoms with Gasteiger partial charge in [0.15, 0.2) is 0 Å². The monoisotopic (exact) mass is 364 g/mol. The second-order valence-electron chi connectivity index (χ2n) is 4.72. The van der Waals surface area contributed by atoms with Crippen LogP contribution >= 0.6 is 22.6 Å². The molecule has 1 nitrogen and oxygen atoms in total. The maximum atomic E-state index is 6.16. The highest BCUT2D eigenvalue weighted by Crippen LogP contribution is 2.17. The lowest BCUT2D eigenvalue weighted by Crippen LogP contribution is -2.33. The third kappa shape index (κ3) is 9.79. The van der Waals surface area contributed by atoms with Crippen LogP contribution in [0.1, 0.15) is 32.1 Å². The van der Waals surface area contributed by atoms with Crippen LogP contribution in [-0.2, 0) is 4.43 Å². The largest absolute Gasteiger partial charge is 0.410 e. The van der Waals surface area contributed by atoms with Gasteiger partial charge in [-0.1, -0.05) is 46.9 Å². The number of allylic oxidation sites excluding steroid dienone is 1. The number of halogens is 1. The molecule has 0 saturated carbocycles. The fourth-order valence-electron chi connectivity index (χ4n) is 1.59. The van der Waals surface area contributed by atoms with E-state index in [1.54, 1.807) is 0 Å². The third-order valence-corrected chi connectivity index (χ3v) is 5.06. The van der Waals surface area contributed by atoms with Crippen LogP contribution in [0.3, 0.4) is 0 Å². The number of hydrogen-bond donors (Lipinski definition) is 0. The van der Waals surface area contributed by atoms with Crippen LogP contribution in [0, 0.1) is 0 Å². The van der Waals surface area contributed by atoms with Gasteiger partial charge in [0.05, 0.1) is 0 Å². The minimum Gasteiger partial charge on any atom is -0.410 e. The Morgan fingerprint density at radius 3 is 2.53 bits per heavy atom. The fraction of sp³-hybridized carbons (Fsp3) is 0.571. The van der Waals surface area contributed by atoms with Crippen molar-refractivity contribution in [2.24, 2.45) is 0 Å². The first kappa shape index (κ1) is 17.1. The molecule has 0 radical (unpaired) electrons. The van der Waals surface area contributed by atoms with E-state index >= 15 is 0 Å². The second-order valence-corrected chi connectivity index (χ2v) is 9.29. The van der Waals surface area contributed by atoms with E-state index in [1.165, 1.54) is 19.3 Å². The molecule has 0 aliphatic rings. The summed E-state index contributed by atoms with van der Waals surface area (Å²) in [5.41, 5.74) is 2.00. The quantitative estimate of drug-likeness (QED) is 0.219. The molecule has 0 saturated heterocycles. The molecule has 1 atom stereocenters. The summed E-state index contributed by atoms with van der Waals surface area (Å²) in [6.45, 7) is 12.1. The molecule has 0 bridgehead atoms. The summed E-state index contributed by atoms with van der Waals surface area (Å²) in [7, 11) is -1.65. The Hall–Kier alpha value is 0.127. The molecule has 0 heterocycles. The van der Waals surface area contributed by atoms with Crippen LogP contribution in [0.2, 0.25) is 13.1 Å². The van der Waals surface area contributed by atoms with E-state index in [9.17, 15) is 0 Å². The lowest BCUT2D eigenvalue weighted by Gasteiger charge is -2.26. The molecule has 0 aromatic heterocycles. The first-order valence-corrected chi connectivity index (χ1v) is 10.5. The van der Waals surface area contributed by atoms with Crippen molar-refractivity contribution in [3.05, 3.63) is 35.1 Å². The highest BCUT2D eigenvalue weighted by molar-refractivity contribution is 14.1. The molecule has 98 valence electrons. The molecule has 0 fully saturated rings. The SMILES string of the molecule is C=CCC(CCCC/C=C\I)O[Si](C)(C)C=C. The summed E-state index contributed by atoms with van der Waals surface area (Å²) >= 11 is 2.26. The lowest BCUT2D eigenvalue weighted by atomic mass is 10.1. The van der Waals surface area contributed by atoms with Crippen LogP contribution in [0.15, 0.2) is 35.1 Å². The third-order valence-electron chi connectivity index (χ3n) is 2.63. The van der Waals surface area contributed by atoms with Crippen molar-refractivity contribution in [1.29, 1.82) is 0 Å². The summed E-state index contributed by atoms with van der Waals surface area (Å²) in [4.78, 5) is 0. The highest BCUT2D eigenvalue weighted by Gasteiger charge is 2.22. The Morgan fingerprint density at radius 2 is 2.00 bits per heavy atom. The van der Waals surface area contributed by atoms with Crippen LogP contribution in [0.5, 0.6) is 0 Å². The zero-order chi connectivity index (χ0) is 13.1. The van der Waals surface area contributed by atoms with Crippen molar-refractivity contribution in [2.45, 2.75) is 51.3 Å². The van der Waals surface area contributed by atoms with Gasteiger partial charge in [-0.05, 0) is 42.9 Å². The van der Waals surface area contributed by atoms with Crippen molar-refractivity contribution >= 4 is 30.9 Å². The molecule has 1 unspecified atom stereocenters. The summed E-state index contributed by atoms with van der Waals surface area (Å²) < 4.78 is 8.25. The molecule has 0 spiro atoms. The zero-order valence-electron chi connectivity index (χ0n) is 11.1. The molecular weight excluding hydrogens is 339 g/mol. The predicted molar refractivity (Wildman–Crippen MR) is 89.0 cm³/mol. The van der Waals surface area contributed by atoms with Gasteiger partial charge in [-0.2, -0.15) is 0 Å². The maximum absolute atomic E-state index is 6.16. The van der Waals surface area contributed by atoms with Gasteiger partial charge in [0.1, 0.15) is 0 Å². The van der Waals surface area contributed by atoms with E-state index < -0.39 is 8.32 Å². The van der Waals surface area contributed by atoms with Crippen LogP contribution in [0.4, 0.5) is 0 Å². The van der Waals surface area contributed by atoms with Crippen LogP contribution < -0.4 is 0 Å². The first-order valence-electron chi connectivity index (χ1n) is 6.23. The van der Waals surface area contributed by atoms with E-state index in [2.05, 4.69) is 59.0 Å². The molecule has 17 heavy (non-hydrogen) atoms. The summed E-state index contributed by atoms with van der Waals surface area (Å²) in [6.07, 6.45) is 10.2. The van der Waals surface area contributed by atoms with Gasteiger partial charge in [0.2, 0.25) is 8.32 Å². The molecule has 0 N–H and O–H groups in total. The van der Waals surface area contributed by atoms with Crippen molar-refractivity contribution in [2.75, 3.05) is 0 Å². The summed E-state index contributed by atoms with van der Waals surface area (Å²) in [6, 6.07) is 0. The average molecular weight is 364 g/mol. The molecular formula is C14H25IOSi. The van der Waals surface area contributed by atoms with E-state index in [-0.39, 0.29) is 0 Å². The zero-order valence-corrected chi connectivity index (χ0v) is 14.3. The standard InChI is InChI=1S/C14H25IOSi/c1-5-11-14(16-17(3,4)6-2)12-9-7-8-10-13-15/h5-6,10,13-14H,1-2,7-9,11-12H2,3-4H3/b13-10-. The Morgan fingerprint density at radius 1 is 1.29 bits per heavy atom. The van der Waals surface area contributed by atoms with Gasteiger partial charge in [-0.3, -0.25) is 0 Å². The molecule has 0 aliphatic carbocycles. The van der Waals surface area contributed by atoms with Crippen molar-refractivity contribution in [3.63, 3.8) is 0 Å². The van der Waals surface area contributed by atoms with Crippen LogP contribution in [-0.4, -0.2) is 14.4 Å². The van der Waals surface area contributed by atoms with E-state index in [0.29, 0.717) is 6.10 Å². The Balaban J connectivity index is 3.97. The van der Waals surface area contributed by atoms with Crippen LogP contribution in [0.25, 0.3) is 0 Å². The van der Waals surface area contributed by atoms with Crippen molar-refractivity contribution in [1.82, 2.24) is 0 Å². The first-order chi connectivity index (χ1) is 8.05. The Labute approximate surface area is 121 Å². The minimum absolute atomic E-state index is 0.329. The molecule has 3 heteroatoms. The minimum atomic E-state index is -1.65. The number of unbranched alkanes of at least 4 members (excludes halogenated alkanes) is 2. The molecule has 0 aromatic carbocycles. The van der Waals surface area contributed by atoms with Gasteiger partial charge in [-0.15, -0.1) is 13.2 Å². The summed E-state index contributed by atoms with van der Waals surface area (Å²) in [5, 5.41) is 0. The van der Waals surface area contributed by atoms with E-state index in [4.69, 9.17) is 4.43 Å². The lowest BCUT2D eigenvalue weighted by molar-refractivity contribution is 0.185. The van der Waals surface area contributed by atoms with Gasteiger partial charge >= 0.3 is 0 Å². The van der Waals surface area contributed by atoms with Gasteiger partial charge in [0.25, 0.3) is 0 Å². The number of rotatable bonds is 10. The van der Waals surface area contributed by atoms with Crippen molar-refractivity contribution < 1.29 is 4.43 Å². The summed E-state index contributed by atoms with van der Waals surface area (Å²) in [5.74, 6) is 0. The van der Waals surface area contributed by atoms with E-state index in [0.717, 1.165) is 12.8 Å². The molecule has 0 amide bonds. The van der Waals surface area contributed by atoms with Crippen molar-refractivity contribution in [3.8, 4) is 0 Å². The normalized spacial score (nSPS) is 13.8. The number of hydrogen-bond acceptors (Lipinski definition) is 1. The maximum Gasteiger partial charge on any atom is 0.210 e. The predicted octanol–water partition coefficient (Wildman–Crippen LogP) is 5.39. The Bertz CT molecular complexity index is 249.